The van der Waals surface area contributed by atoms with Crippen LogP contribution >= 0.6 is 0 Å². The summed E-state index contributed by atoms with van der Waals surface area (Å²) in [6, 6.07) is 7.78. The van der Waals surface area contributed by atoms with Crippen LogP contribution in [0.2, 0.25) is 0 Å². The van der Waals surface area contributed by atoms with Crippen LogP contribution in [0.4, 0.5) is 5.69 Å². The van der Waals surface area contributed by atoms with Crippen LogP contribution in [-0.2, 0) is 9.59 Å². The Hall–Kier alpha value is -2.82. The molecule has 130 valence electrons. The highest BCUT2D eigenvalue weighted by Crippen LogP contribution is 2.45. The fourth-order valence-electron chi connectivity index (χ4n) is 3.76. The molecule has 5 nitrogen and oxygen atoms in total. The van der Waals surface area contributed by atoms with Crippen molar-refractivity contribution in [1.29, 1.82) is 0 Å². The second-order valence-corrected chi connectivity index (χ2v) is 6.52. The first-order valence-electron chi connectivity index (χ1n) is 8.48. The molecule has 1 heterocycles. The topological polar surface area (TPSA) is 78.4 Å². The van der Waals surface area contributed by atoms with Gasteiger partial charge in [0.15, 0.2) is 0 Å². The fraction of sp³-hybridized carbons (Fsp3) is 0.300. The second kappa shape index (κ2) is 6.97. The highest BCUT2D eigenvalue weighted by Gasteiger charge is 2.49. The molecule has 5 heteroatoms. The lowest BCUT2D eigenvalue weighted by Gasteiger charge is -2.32. The Bertz CT molecular complexity index is 758. The molecule has 0 saturated heterocycles. The van der Waals surface area contributed by atoms with Gasteiger partial charge in [0.1, 0.15) is 5.82 Å². The summed E-state index contributed by atoms with van der Waals surface area (Å²) in [5.41, 5.74) is 0.973. The summed E-state index contributed by atoms with van der Waals surface area (Å²) in [6.07, 6.45) is 9.79. The monoisotopic (exact) mass is 338 g/mol. The van der Waals surface area contributed by atoms with Gasteiger partial charge in [0.2, 0.25) is 5.91 Å². The van der Waals surface area contributed by atoms with E-state index in [2.05, 4.69) is 17.2 Å². The quantitative estimate of drug-likeness (QED) is 0.718. The number of aliphatic carboxylic acids is 1. The van der Waals surface area contributed by atoms with Gasteiger partial charge in [-0.3, -0.25) is 9.59 Å². The molecule has 0 aromatic heterocycles. The predicted molar refractivity (Wildman–Crippen MR) is 97.5 cm³/mol. The summed E-state index contributed by atoms with van der Waals surface area (Å²) >= 11 is 0. The van der Waals surface area contributed by atoms with E-state index in [4.69, 9.17) is 0 Å². The predicted octanol–water partition coefficient (Wildman–Crippen LogP) is 3.53. The smallest absolute Gasteiger partial charge is 0.311 e. The van der Waals surface area contributed by atoms with E-state index in [1.165, 1.54) is 6.08 Å². The molecule has 25 heavy (non-hydrogen) atoms. The zero-order valence-electron chi connectivity index (χ0n) is 14.0. The Morgan fingerprint density at radius 1 is 1.28 bits per heavy atom. The number of para-hydroxylation sites is 1. The number of rotatable bonds is 5. The molecule has 0 bridgehead atoms. The van der Waals surface area contributed by atoms with Crippen LogP contribution in [0.25, 0.3) is 6.08 Å². The number of benzene rings is 1. The van der Waals surface area contributed by atoms with Crippen LogP contribution in [0.3, 0.4) is 0 Å². The van der Waals surface area contributed by atoms with Crippen LogP contribution in [-0.4, -0.2) is 17.0 Å². The van der Waals surface area contributed by atoms with Gasteiger partial charge in [-0.25, -0.2) is 0 Å². The van der Waals surface area contributed by atoms with Crippen LogP contribution in [0.5, 0.6) is 0 Å². The van der Waals surface area contributed by atoms with Crippen molar-refractivity contribution in [2.75, 3.05) is 5.32 Å². The number of carbonyl (C=O) groups excluding carboxylic acids is 1. The molecule has 0 spiro atoms. The Morgan fingerprint density at radius 2 is 2.00 bits per heavy atom. The molecule has 1 saturated carbocycles. The largest absolute Gasteiger partial charge is 0.481 e. The minimum Gasteiger partial charge on any atom is -0.481 e. The van der Waals surface area contributed by atoms with Gasteiger partial charge in [0.05, 0.1) is 11.3 Å². The van der Waals surface area contributed by atoms with Gasteiger partial charge in [-0.2, -0.15) is 0 Å². The number of fused-ring (bicyclic) bond motifs is 1. The number of carboxylic acids is 1. The zero-order chi connectivity index (χ0) is 17.9. The molecule has 1 unspecified atom stereocenters. The van der Waals surface area contributed by atoms with E-state index >= 15 is 0 Å². The fourth-order valence-corrected chi connectivity index (χ4v) is 3.76. The summed E-state index contributed by atoms with van der Waals surface area (Å²) in [5.74, 6) is -1.60. The third-order valence-corrected chi connectivity index (χ3v) is 5.06. The van der Waals surface area contributed by atoms with Crippen molar-refractivity contribution in [3.63, 3.8) is 0 Å². The maximum absolute atomic E-state index is 13.0. The van der Waals surface area contributed by atoms with Gasteiger partial charge in [-0.15, -0.1) is 6.58 Å². The Morgan fingerprint density at radius 3 is 2.68 bits per heavy atom. The Kier molecular flexibility index (Phi) is 4.74. The van der Waals surface area contributed by atoms with Crippen molar-refractivity contribution < 1.29 is 14.7 Å². The third-order valence-electron chi connectivity index (χ3n) is 5.06. The molecule has 3 rings (SSSR count). The minimum atomic E-state index is -1.000. The number of hydrogen-bond acceptors (Lipinski definition) is 3. The van der Waals surface area contributed by atoms with E-state index in [1.54, 1.807) is 6.08 Å². The molecule has 1 aliphatic heterocycles. The summed E-state index contributed by atoms with van der Waals surface area (Å²) in [4.78, 5) is 24.7. The van der Waals surface area contributed by atoms with Gasteiger partial charge < -0.3 is 15.7 Å². The number of hydrogen-bond donors (Lipinski definition) is 3. The third kappa shape index (κ3) is 3.22. The second-order valence-electron chi connectivity index (χ2n) is 6.52. The first-order valence-corrected chi connectivity index (χ1v) is 8.48. The van der Waals surface area contributed by atoms with E-state index in [9.17, 15) is 14.7 Å². The van der Waals surface area contributed by atoms with Gasteiger partial charge in [0.25, 0.3) is 0 Å². The van der Waals surface area contributed by atoms with Crippen LogP contribution < -0.4 is 10.6 Å². The number of anilines is 1. The Balaban J connectivity index is 1.83. The van der Waals surface area contributed by atoms with E-state index in [-0.39, 0.29) is 5.91 Å². The number of amides is 1. The highest BCUT2D eigenvalue weighted by molar-refractivity contribution is 5.91. The van der Waals surface area contributed by atoms with E-state index in [0.29, 0.717) is 18.7 Å². The molecule has 0 radical (unpaired) electrons. The van der Waals surface area contributed by atoms with Crippen LogP contribution in [0.1, 0.15) is 31.2 Å². The molecule has 1 fully saturated rings. The number of carbonyl (C=O) groups is 2. The molecule has 1 aromatic carbocycles. The van der Waals surface area contributed by atoms with E-state index < -0.39 is 17.3 Å². The molecule has 1 aromatic rings. The van der Waals surface area contributed by atoms with Crippen LogP contribution in [0.15, 0.2) is 54.9 Å². The van der Waals surface area contributed by atoms with Gasteiger partial charge in [-0.05, 0) is 30.5 Å². The lowest BCUT2D eigenvalue weighted by Crippen LogP contribution is -2.46. The van der Waals surface area contributed by atoms with E-state index in [0.717, 1.165) is 24.1 Å². The molecule has 1 atom stereocenters. The van der Waals surface area contributed by atoms with E-state index in [1.807, 2.05) is 36.4 Å². The summed E-state index contributed by atoms with van der Waals surface area (Å²) in [7, 11) is 0. The van der Waals surface area contributed by atoms with Crippen molar-refractivity contribution in [1.82, 2.24) is 5.32 Å². The molecule has 1 amide bonds. The summed E-state index contributed by atoms with van der Waals surface area (Å²) in [6.45, 7) is 3.64. The lowest BCUT2D eigenvalue weighted by atomic mass is 9.73. The molecule has 1 aliphatic carbocycles. The van der Waals surface area contributed by atoms with Crippen LogP contribution in [0, 0.1) is 11.3 Å². The molecular weight excluding hydrogens is 316 g/mol. The molecule has 2 aliphatic rings. The zero-order valence-corrected chi connectivity index (χ0v) is 14.0. The SMILES string of the molecule is C=CC(C(=O)O)C1(C(=O)NC2=CC=Cc3ccccc3N2)CCCC1. The first kappa shape index (κ1) is 17.0. The lowest BCUT2D eigenvalue weighted by molar-refractivity contribution is -0.150. The number of nitrogens with one attached hydrogen (secondary N) is 2. The first-order chi connectivity index (χ1) is 12.1. The van der Waals surface area contributed by atoms with Crippen molar-refractivity contribution in [3.05, 3.63) is 60.5 Å². The normalized spacial score (nSPS) is 19.0. The van der Waals surface area contributed by atoms with Crippen molar-refractivity contribution in [2.24, 2.45) is 11.3 Å². The minimum absolute atomic E-state index is 0.260. The average molecular weight is 338 g/mol. The Labute approximate surface area is 147 Å². The van der Waals surface area contributed by atoms with Gasteiger partial charge >= 0.3 is 5.97 Å². The molecule has 3 N–H and O–H groups in total. The number of allylic oxidation sites excluding steroid dienone is 2. The average Bonchev–Trinajstić information content (AvgIpc) is 2.98. The number of carboxylic acid groups (broad SMARTS) is 1. The van der Waals surface area contributed by atoms with Crippen molar-refractivity contribution in [2.45, 2.75) is 25.7 Å². The molecular formula is C20H22N2O3. The van der Waals surface area contributed by atoms with Gasteiger partial charge in [-0.1, -0.05) is 49.3 Å². The van der Waals surface area contributed by atoms with Crippen molar-refractivity contribution >= 4 is 23.6 Å². The highest BCUT2D eigenvalue weighted by atomic mass is 16.4. The maximum Gasteiger partial charge on any atom is 0.311 e. The standard InChI is InChI=1S/C20H22N2O3/c1-2-15(18(23)24)20(12-5-6-13-20)19(25)22-17-11-7-9-14-8-3-4-10-16(14)21-17/h2-4,7-11,15,21H,1,5-6,12-13H2,(H,22,25)(H,23,24). The maximum atomic E-state index is 13.0. The summed E-state index contributed by atoms with van der Waals surface area (Å²) < 4.78 is 0. The summed E-state index contributed by atoms with van der Waals surface area (Å²) in [5, 5.41) is 15.6. The van der Waals surface area contributed by atoms with Crippen molar-refractivity contribution in [3.8, 4) is 0 Å². The van der Waals surface area contributed by atoms with Gasteiger partial charge in [0, 0.05) is 5.69 Å².